The number of aromatic nitrogens is 2. The Labute approximate surface area is 118 Å². The Morgan fingerprint density at radius 1 is 1.25 bits per heavy atom. The average molecular weight is 272 g/mol. The topological polar surface area (TPSA) is 72.9 Å². The molecule has 0 radical (unpaired) electrons. The molecule has 5 heteroatoms. The smallest absolute Gasteiger partial charge is 0.246 e. The molecule has 1 unspecified atom stereocenters. The van der Waals surface area contributed by atoms with E-state index in [1.165, 1.54) is 5.56 Å². The van der Waals surface area contributed by atoms with Crippen LogP contribution in [0.15, 0.2) is 36.7 Å². The summed E-state index contributed by atoms with van der Waals surface area (Å²) in [6, 6.07) is 7.09. The molecule has 0 fully saturated rings. The summed E-state index contributed by atoms with van der Waals surface area (Å²) in [5, 5.41) is 6.83. The molecule has 0 bridgehead atoms. The number of carbonyl (C=O) groups excluding carboxylic acids is 1. The summed E-state index contributed by atoms with van der Waals surface area (Å²) < 4.78 is 1.62. The fraction of sp³-hybridized carbons (Fsp3) is 0.333. The Hall–Kier alpha value is -2.14. The summed E-state index contributed by atoms with van der Waals surface area (Å²) in [6.45, 7) is 4.26. The Bertz CT molecular complexity index is 586. The molecule has 0 aliphatic carbocycles. The first kappa shape index (κ1) is 14.3. The van der Waals surface area contributed by atoms with E-state index in [2.05, 4.69) is 24.3 Å². The number of rotatable bonds is 4. The highest BCUT2D eigenvalue weighted by Crippen LogP contribution is 2.18. The van der Waals surface area contributed by atoms with Gasteiger partial charge in [-0.1, -0.05) is 26.0 Å². The maximum Gasteiger partial charge on any atom is 0.246 e. The third kappa shape index (κ3) is 3.24. The average Bonchev–Trinajstić information content (AvgIpc) is 2.85. The normalized spacial score (nSPS) is 12.4. The lowest BCUT2D eigenvalue weighted by Gasteiger charge is -2.12. The van der Waals surface area contributed by atoms with E-state index in [4.69, 9.17) is 5.73 Å². The molecule has 1 atom stereocenters. The summed E-state index contributed by atoms with van der Waals surface area (Å²) in [6.07, 6.45) is 3.35. The van der Waals surface area contributed by atoms with Crippen molar-refractivity contribution in [2.75, 3.05) is 5.32 Å². The van der Waals surface area contributed by atoms with E-state index >= 15 is 0 Å². The molecule has 20 heavy (non-hydrogen) atoms. The lowest BCUT2D eigenvalue weighted by atomic mass is 10.0. The van der Waals surface area contributed by atoms with Gasteiger partial charge in [0.05, 0.1) is 6.20 Å². The third-order valence-corrected chi connectivity index (χ3v) is 3.21. The molecule has 0 aliphatic heterocycles. The van der Waals surface area contributed by atoms with Gasteiger partial charge in [-0.05, 0) is 23.6 Å². The van der Waals surface area contributed by atoms with E-state index in [1.54, 1.807) is 24.1 Å². The van der Waals surface area contributed by atoms with Gasteiger partial charge < -0.3 is 11.1 Å². The minimum absolute atomic E-state index is 0.240. The summed E-state index contributed by atoms with van der Waals surface area (Å²) >= 11 is 0. The number of hydrogen-bond donors (Lipinski definition) is 2. The Kier molecular flexibility index (Phi) is 4.20. The molecule has 2 aromatic rings. The zero-order valence-electron chi connectivity index (χ0n) is 12.0. The summed E-state index contributed by atoms with van der Waals surface area (Å²) in [5.74, 6) is 0.229. The van der Waals surface area contributed by atoms with Crippen molar-refractivity contribution in [2.45, 2.75) is 25.8 Å². The van der Waals surface area contributed by atoms with E-state index < -0.39 is 6.04 Å². The van der Waals surface area contributed by atoms with Crippen LogP contribution < -0.4 is 11.1 Å². The van der Waals surface area contributed by atoms with Crippen molar-refractivity contribution >= 4 is 11.6 Å². The minimum atomic E-state index is -0.714. The van der Waals surface area contributed by atoms with Gasteiger partial charge in [-0.15, -0.1) is 0 Å². The zero-order chi connectivity index (χ0) is 14.7. The standard InChI is InChI=1S/C15H20N4O/c1-10(2)11-4-6-13(7-5-11)18-15(20)14(16)12-8-17-19(3)9-12/h4-10,14H,16H2,1-3H3,(H,18,20). The predicted octanol–water partition coefficient (Wildman–Crippen LogP) is 2.18. The van der Waals surface area contributed by atoms with E-state index in [1.807, 2.05) is 24.3 Å². The molecule has 0 aliphatic rings. The van der Waals surface area contributed by atoms with Gasteiger partial charge >= 0.3 is 0 Å². The first-order valence-electron chi connectivity index (χ1n) is 6.62. The molecule has 1 heterocycles. The fourth-order valence-electron chi connectivity index (χ4n) is 1.92. The monoisotopic (exact) mass is 272 g/mol. The van der Waals surface area contributed by atoms with Crippen molar-refractivity contribution < 1.29 is 4.79 Å². The number of nitrogens with zero attached hydrogens (tertiary/aromatic N) is 2. The summed E-state index contributed by atoms with van der Waals surface area (Å²) in [7, 11) is 1.79. The van der Waals surface area contributed by atoms with Gasteiger partial charge in [-0.25, -0.2) is 0 Å². The van der Waals surface area contributed by atoms with Crippen LogP contribution in [0, 0.1) is 0 Å². The third-order valence-electron chi connectivity index (χ3n) is 3.21. The van der Waals surface area contributed by atoms with Crippen LogP contribution in [0.5, 0.6) is 0 Å². The number of nitrogens with two attached hydrogens (primary N) is 1. The van der Waals surface area contributed by atoms with Gasteiger partial charge in [0.1, 0.15) is 6.04 Å². The molecule has 1 amide bonds. The van der Waals surface area contributed by atoms with Crippen molar-refractivity contribution in [2.24, 2.45) is 12.8 Å². The number of amides is 1. The highest BCUT2D eigenvalue weighted by molar-refractivity contribution is 5.95. The number of benzene rings is 1. The second kappa shape index (κ2) is 5.88. The van der Waals surface area contributed by atoms with E-state index in [0.29, 0.717) is 11.5 Å². The van der Waals surface area contributed by atoms with Crippen LogP contribution in [-0.2, 0) is 11.8 Å². The van der Waals surface area contributed by atoms with E-state index in [0.717, 1.165) is 5.69 Å². The Morgan fingerprint density at radius 3 is 2.40 bits per heavy atom. The van der Waals surface area contributed by atoms with Crippen molar-refractivity contribution in [3.8, 4) is 0 Å². The highest BCUT2D eigenvalue weighted by atomic mass is 16.2. The number of anilines is 1. The maximum atomic E-state index is 12.1. The maximum absolute atomic E-state index is 12.1. The van der Waals surface area contributed by atoms with Gasteiger partial charge in [0.15, 0.2) is 0 Å². The van der Waals surface area contributed by atoms with Crippen molar-refractivity contribution in [1.82, 2.24) is 9.78 Å². The molecule has 0 spiro atoms. The van der Waals surface area contributed by atoms with Crippen molar-refractivity contribution in [1.29, 1.82) is 0 Å². The van der Waals surface area contributed by atoms with Gasteiger partial charge in [-0.3, -0.25) is 9.48 Å². The molecular formula is C15H20N4O. The molecule has 5 nitrogen and oxygen atoms in total. The van der Waals surface area contributed by atoms with Crippen LogP contribution in [0.4, 0.5) is 5.69 Å². The fourth-order valence-corrected chi connectivity index (χ4v) is 1.92. The van der Waals surface area contributed by atoms with Crippen LogP contribution >= 0.6 is 0 Å². The van der Waals surface area contributed by atoms with Crippen LogP contribution in [0.2, 0.25) is 0 Å². The largest absolute Gasteiger partial charge is 0.324 e. The second-order valence-corrected chi connectivity index (χ2v) is 5.19. The Morgan fingerprint density at radius 2 is 1.90 bits per heavy atom. The van der Waals surface area contributed by atoms with Crippen LogP contribution in [0.3, 0.4) is 0 Å². The summed E-state index contributed by atoms with van der Waals surface area (Å²) in [5.41, 5.74) is 8.59. The predicted molar refractivity (Wildman–Crippen MR) is 79.3 cm³/mol. The molecular weight excluding hydrogens is 252 g/mol. The van der Waals surface area contributed by atoms with Gasteiger partial charge in [-0.2, -0.15) is 5.10 Å². The molecule has 1 aromatic carbocycles. The number of hydrogen-bond acceptors (Lipinski definition) is 3. The number of carbonyl (C=O) groups is 1. The lowest BCUT2D eigenvalue weighted by Crippen LogP contribution is -2.27. The second-order valence-electron chi connectivity index (χ2n) is 5.19. The minimum Gasteiger partial charge on any atom is -0.324 e. The first-order chi connectivity index (χ1) is 9.47. The Balaban J connectivity index is 2.04. The quantitative estimate of drug-likeness (QED) is 0.896. The number of nitrogens with one attached hydrogen (secondary N) is 1. The van der Waals surface area contributed by atoms with Gasteiger partial charge in [0.2, 0.25) is 5.91 Å². The molecule has 3 N–H and O–H groups in total. The van der Waals surface area contributed by atoms with E-state index in [-0.39, 0.29) is 5.91 Å². The van der Waals surface area contributed by atoms with Crippen molar-refractivity contribution in [3.05, 3.63) is 47.8 Å². The summed E-state index contributed by atoms with van der Waals surface area (Å²) in [4.78, 5) is 12.1. The van der Waals surface area contributed by atoms with Gasteiger partial charge in [0, 0.05) is 24.5 Å². The highest BCUT2D eigenvalue weighted by Gasteiger charge is 2.17. The molecule has 0 saturated heterocycles. The molecule has 106 valence electrons. The molecule has 1 aromatic heterocycles. The molecule has 2 rings (SSSR count). The van der Waals surface area contributed by atoms with E-state index in [9.17, 15) is 4.79 Å². The zero-order valence-corrected chi connectivity index (χ0v) is 12.0. The first-order valence-corrected chi connectivity index (χ1v) is 6.62. The van der Waals surface area contributed by atoms with Gasteiger partial charge in [0.25, 0.3) is 0 Å². The van der Waals surface area contributed by atoms with Crippen LogP contribution in [0.1, 0.15) is 36.9 Å². The number of aryl methyl sites for hydroxylation is 1. The van der Waals surface area contributed by atoms with Crippen LogP contribution in [-0.4, -0.2) is 15.7 Å². The lowest BCUT2D eigenvalue weighted by molar-refractivity contribution is -0.117. The van der Waals surface area contributed by atoms with Crippen molar-refractivity contribution in [3.63, 3.8) is 0 Å². The SMILES string of the molecule is CC(C)c1ccc(NC(=O)C(N)c2cnn(C)c2)cc1. The van der Waals surface area contributed by atoms with Crippen LogP contribution in [0.25, 0.3) is 0 Å². The molecule has 0 saturated carbocycles.